The van der Waals surface area contributed by atoms with Crippen LogP contribution < -0.4 is 15.5 Å². The average Bonchev–Trinajstić information content (AvgIpc) is 2.70. The number of benzene rings is 3. The van der Waals surface area contributed by atoms with Gasteiger partial charge in [0, 0.05) is 10.7 Å². The number of rotatable bonds is 6. The number of anilines is 1. The summed E-state index contributed by atoms with van der Waals surface area (Å²) in [5.74, 6) is 0.371. The van der Waals surface area contributed by atoms with Gasteiger partial charge in [0.2, 0.25) is 0 Å². The van der Waals surface area contributed by atoms with Gasteiger partial charge in [0.1, 0.15) is 6.61 Å². The van der Waals surface area contributed by atoms with Gasteiger partial charge in [0.25, 0.3) is 0 Å². The van der Waals surface area contributed by atoms with Crippen LogP contribution in [-0.2, 0) is 6.61 Å². The van der Waals surface area contributed by atoms with Crippen LogP contribution in [0.2, 0.25) is 15.1 Å². The minimum atomic E-state index is -0.458. The molecule has 0 fully saturated rings. The third-order valence-corrected chi connectivity index (χ3v) is 4.90. The second-order valence-electron chi connectivity index (χ2n) is 6.37. The molecule has 0 radical (unpaired) electrons. The van der Waals surface area contributed by atoms with Crippen molar-refractivity contribution in [3.63, 3.8) is 0 Å². The van der Waals surface area contributed by atoms with Crippen molar-refractivity contribution in [2.45, 2.75) is 13.5 Å². The molecule has 8 heteroatoms. The highest BCUT2D eigenvalue weighted by molar-refractivity contribution is 6.37. The van der Waals surface area contributed by atoms with Crippen molar-refractivity contribution in [1.82, 2.24) is 5.43 Å². The lowest BCUT2D eigenvalue weighted by molar-refractivity contribution is 0.252. The molecule has 0 aliphatic heterocycles. The molecule has 2 amide bonds. The first kappa shape index (κ1) is 22.0. The Labute approximate surface area is 189 Å². The van der Waals surface area contributed by atoms with Crippen LogP contribution in [0, 0.1) is 6.92 Å². The molecule has 0 unspecified atom stereocenters. The molecule has 0 heterocycles. The van der Waals surface area contributed by atoms with Crippen LogP contribution in [0.5, 0.6) is 5.75 Å². The molecule has 0 atom stereocenters. The van der Waals surface area contributed by atoms with Crippen molar-refractivity contribution in [1.29, 1.82) is 0 Å². The van der Waals surface area contributed by atoms with Crippen molar-refractivity contribution >= 4 is 52.7 Å². The summed E-state index contributed by atoms with van der Waals surface area (Å²) in [4.78, 5) is 12.0. The van der Waals surface area contributed by atoms with E-state index >= 15 is 0 Å². The lowest BCUT2D eigenvalue weighted by Crippen LogP contribution is -2.24. The summed E-state index contributed by atoms with van der Waals surface area (Å²) in [6.45, 7) is 2.20. The van der Waals surface area contributed by atoms with Crippen molar-refractivity contribution in [3.05, 3.63) is 92.4 Å². The number of nitrogens with zero attached hydrogens (tertiary/aromatic N) is 1. The van der Waals surface area contributed by atoms with E-state index in [0.717, 1.165) is 11.1 Å². The molecule has 0 saturated carbocycles. The van der Waals surface area contributed by atoms with Crippen LogP contribution in [0.1, 0.15) is 16.7 Å². The van der Waals surface area contributed by atoms with Gasteiger partial charge in [0.05, 0.1) is 16.3 Å². The molecule has 0 bridgehead atoms. The van der Waals surface area contributed by atoms with Gasteiger partial charge in [-0.15, -0.1) is 0 Å². The van der Waals surface area contributed by atoms with E-state index in [4.69, 9.17) is 39.5 Å². The van der Waals surface area contributed by atoms with Crippen molar-refractivity contribution in [3.8, 4) is 5.75 Å². The zero-order valence-corrected chi connectivity index (χ0v) is 18.2. The highest BCUT2D eigenvalue weighted by Gasteiger charge is 2.10. The molecule has 3 aromatic carbocycles. The van der Waals surface area contributed by atoms with E-state index in [-0.39, 0.29) is 0 Å². The Hall–Kier alpha value is -2.73. The van der Waals surface area contributed by atoms with Crippen LogP contribution in [0.4, 0.5) is 10.5 Å². The molecule has 0 spiro atoms. The Kier molecular flexibility index (Phi) is 7.57. The van der Waals surface area contributed by atoms with Crippen molar-refractivity contribution in [2.24, 2.45) is 5.10 Å². The monoisotopic (exact) mass is 461 g/mol. The van der Waals surface area contributed by atoms with E-state index in [2.05, 4.69) is 15.8 Å². The number of nitrogens with one attached hydrogen (secondary N) is 2. The largest absolute Gasteiger partial charge is 0.486 e. The number of urea groups is 1. The zero-order chi connectivity index (χ0) is 21.5. The van der Waals surface area contributed by atoms with Crippen LogP contribution in [0.3, 0.4) is 0 Å². The van der Waals surface area contributed by atoms with Gasteiger partial charge in [0.15, 0.2) is 5.75 Å². The van der Waals surface area contributed by atoms with Crippen LogP contribution >= 0.6 is 34.8 Å². The van der Waals surface area contributed by atoms with E-state index in [1.165, 1.54) is 6.21 Å². The number of carbonyl (C=O) groups excluding carboxylic acids is 1. The Bertz CT molecular complexity index is 1050. The average molecular weight is 463 g/mol. The summed E-state index contributed by atoms with van der Waals surface area (Å²) in [7, 11) is 0. The molecule has 0 saturated heterocycles. The first-order chi connectivity index (χ1) is 14.4. The van der Waals surface area contributed by atoms with Gasteiger partial charge in [-0.05, 0) is 53.9 Å². The number of carbonyl (C=O) groups is 1. The lowest BCUT2D eigenvalue weighted by Gasteiger charge is -2.11. The molecule has 154 valence electrons. The lowest BCUT2D eigenvalue weighted by atomic mass is 10.2. The summed E-state index contributed by atoms with van der Waals surface area (Å²) in [5, 5.41) is 7.97. The summed E-state index contributed by atoms with van der Waals surface area (Å²) in [5.41, 5.74) is 5.60. The van der Waals surface area contributed by atoms with E-state index < -0.39 is 6.03 Å². The third kappa shape index (κ3) is 6.13. The third-order valence-electron chi connectivity index (χ3n) is 4.09. The number of ether oxygens (including phenoxy) is 1. The van der Waals surface area contributed by atoms with Gasteiger partial charge < -0.3 is 10.1 Å². The predicted octanol–water partition coefficient (Wildman–Crippen LogP) is 6.69. The standard InChI is InChI=1S/C22H18Cl3N3O2/c1-14-4-2-3-5-20(14)27-22(29)28-26-12-16-10-18(24)21(19(25)11-16)30-13-15-6-8-17(23)9-7-15/h2-12H,13H2,1H3,(H2,27,28,29). The fourth-order valence-corrected chi connectivity index (χ4v) is 3.30. The molecule has 3 aromatic rings. The molecule has 3 rings (SSSR count). The highest BCUT2D eigenvalue weighted by Crippen LogP contribution is 2.34. The number of hydrazone groups is 1. The van der Waals surface area contributed by atoms with Crippen LogP contribution in [0.25, 0.3) is 0 Å². The maximum absolute atomic E-state index is 12.0. The van der Waals surface area contributed by atoms with Crippen LogP contribution in [-0.4, -0.2) is 12.2 Å². The molecule has 0 aliphatic carbocycles. The summed E-state index contributed by atoms with van der Waals surface area (Å²) >= 11 is 18.5. The van der Waals surface area contributed by atoms with Crippen molar-refractivity contribution < 1.29 is 9.53 Å². The fourth-order valence-electron chi connectivity index (χ4n) is 2.56. The summed E-state index contributed by atoms with van der Waals surface area (Å²) in [6.07, 6.45) is 1.44. The second-order valence-corrected chi connectivity index (χ2v) is 7.62. The highest BCUT2D eigenvalue weighted by atomic mass is 35.5. The van der Waals surface area contributed by atoms with Crippen molar-refractivity contribution in [2.75, 3.05) is 5.32 Å². The van der Waals surface area contributed by atoms with Gasteiger partial charge in [-0.3, -0.25) is 0 Å². The Morgan fingerprint density at radius 2 is 1.70 bits per heavy atom. The van der Waals surface area contributed by atoms with Gasteiger partial charge in [-0.2, -0.15) is 5.10 Å². The van der Waals surface area contributed by atoms with E-state index in [0.29, 0.717) is 38.7 Å². The molecule has 2 N–H and O–H groups in total. The van der Waals surface area contributed by atoms with Gasteiger partial charge in [-0.1, -0.05) is 65.1 Å². The number of para-hydroxylation sites is 1. The topological polar surface area (TPSA) is 62.7 Å². The maximum atomic E-state index is 12.0. The smallest absolute Gasteiger partial charge is 0.339 e. The van der Waals surface area contributed by atoms with Gasteiger partial charge in [-0.25, -0.2) is 10.2 Å². The first-order valence-electron chi connectivity index (χ1n) is 8.94. The number of hydrogen-bond acceptors (Lipinski definition) is 3. The SMILES string of the molecule is Cc1ccccc1NC(=O)NN=Cc1cc(Cl)c(OCc2ccc(Cl)cc2)c(Cl)c1. The van der Waals surface area contributed by atoms with E-state index in [1.54, 1.807) is 30.3 Å². The Balaban J connectivity index is 1.59. The number of hydrogen-bond donors (Lipinski definition) is 2. The maximum Gasteiger partial charge on any atom is 0.339 e. The number of amides is 2. The molecule has 0 aliphatic rings. The fraction of sp³-hybridized carbons (Fsp3) is 0.0909. The summed E-state index contributed by atoms with van der Waals surface area (Å²) in [6, 6.07) is 17.6. The van der Waals surface area contributed by atoms with E-state index in [9.17, 15) is 4.79 Å². The van der Waals surface area contributed by atoms with Crippen LogP contribution in [0.15, 0.2) is 65.8 Å². The minimum absolute atomic E-state index is 0.296. The molecule has 5 nitrogen and oxygen atoms in total. The number of aryl methyl sites for hydroxylation is 1. The number of halogens is 3. The Morgan fingerprint density at radius 1 is 1.03 bits per heavy atom. The quantitative estimate of drug-likeness (QED) is 0.316. The van der Waals surface area contributed by atoms with E-state index in [1.807, 2.05) is 37.3 Å². The normalized spacial score (nSPS) is 10.8. The molecular weight excluding hydrogens is 445 g/mol. The minimum Gasteiger partial charge on any atom is -0.486 e. The first-order valence-corrected chi connectivity index (χ1v) is 10.1. The second kappa shape index (κ2) is 10.3. The molecular formula is C22H18Cl3N3O2. The predicted molar refractivity (Wildman–Crippen MR) is 123 cm³/mol. The molecule has 30 heavy (non-hydrogen) atoms. The summed E-state index contributed by atoms with van der Waals surface area (Å²) < 4.78 is 5.74. The molecule has 0 aromatic heterocycles. The Morgan fingerprint density at radius 3 is 2.37 bits per heavy atom. The zero-order valence-electron chi connectivity index (χ0n) is 16.0. The van der Waals surface area contributed by atoms with Gasteiger partial charge >= 0.3 is 6.03 Å².